The Balaban J connectivity index is 2.53. The molecule has 1 aliphatic heterocycles. The molecule has 0 spiro atoms. The Morgan fingerprint density at radius 3 is 2.56 bits per heavy atom. The SMILES string of the molecule is COc1cc(C)c(C2(O)CCCNC2)c(C)c1C. The smallest absolute Gasteiger partial charge is 0.122 e. The van der Waals surface area contributed by atoms with Gasteiger partial charge in [-0.1, -0.05) is 0 Å². The van der Waals surface area contributed by atoms with Crippen molar-refractivity contribution in [3.63, 3.8) is 0 Å². The van der Waals surface area contributed by atoms with Crippen LogP contribution >= 0.6 is 0 Å². The highest BCUT2D eigenvalue weighted by Crippen LogP contribution is 2.37. The van der Waals surface area contributed by atoms with Crippen molar-refractivity contribution in [2.75, 3.05) is 20.2 Å². The van der Waals surface area contributed by atoms with E-state index in [1.54, 1.807) is 7.11 Å². The standard InChI is InChI=1S/C15H23NO2/c1-10-8-13(18-4)11(2)12(3)14(10)15(17)6-5-7-16-9-15/h8,16-17H,5-7,9H2,1-4H3. The highest BCUT2D eigenvalue weighted by molar-refractivity contribution is 5.50. The molecule has 1 aromatic carbocycles. The third kappa shape index (κ3) is 2.13. The second kappa shape index (κ2) is 4.90. The number of ether oxygens (including phenoxy) is 1. The number of benzene rings is 1. The van der Waals surface area contributed by atoms with Gasteiger partial charge in [-0.25, -0.2) is 0 Å². The molecule has 1 fully saturated rings. The van der Waals surface area contributed by atoms with E-state index < -0.39 is 5.60 Å². The molecule has 3 heteroatoms. The molecule has 0 aliphatic carbocycles. The van der Waals surface area contributed by atoms with Crippen molar-refractivity contribution >= 4 is 0 Å². The maximum Gasteiger partial charge on any atom is 0.122 e. The van der Waals surface area contributed by atoms with E-state index >= 15 is 0 Å². The third-order valence-electron chi connectivity index (χ3n) is 4.10. The van der Waals surface area contributed by atoms with Crippen LogP contribution in [0.3, 0.4) is 0 Å². The average molecular weight is 249 g/mol. The summed E-state index contributed by atoms with van der Waals surface area (Å²) in [7, 11) is 1.69. The fourth-order valence-corrected chi connectivity index (χ4v) is 3.08. The molecule has 0 aromatic heterocycles. The largest absolute Gasteiger partial charge is 0.496 e. The number of rotatable bonds is 2. The van der Waals surface area contributed by atoms with Crippen molar-refractivity contribution in [3.05, 3.63) is 28.3 Å². The minimum absolute atomic E-state index is 0.639. The van der Waals surface area contributed by atoms with Crippen LogP contribution in [0.5, 0.6) is 5.75 Å². The second-order valence-electron chi connectivity index (χ2n) is 5.33. The molecule has 1 heterocycles. The summed E-state index contributed by atoms with van der Waals surface area (Å²) >= 11 is 0. The number of β-amino-alcohol motifs (C(OH)–C–C–N with tert-alkyl or cyclic N) is 1. The lowest BCUT2D eigenvalue weighted by Crippen LogP contribution is -2.44. The zero-order chi connectivity index (χ0) is 13.3. The third-order valence-corrected chi connectivity index (χ3v) is 4.10. The van der Waals surface area contributed by atoms with Gasteiger partial charge in [-0.3, -0.25) is 0 Å². The van der Waals surface area contributed by atoms with Crippen LogP contribution in [0.1, 0.15) is 35.1 Å². The van der Waals surface area contributed by atoms with Crippen molar-refractivity contribution in [2.45, 2.75) is 39.2 Å². The zero-order valence-electron chi connectivity index (χ0n) is 11.8. The first-order chi connectivity index (χ1) is 8.49. The molecule has 18 heavy (non-hydrogen) atoms. The monoisotopic (exact) mass is 249 g/mol. The summed E-state index contributed by atoms with van der Waals surface area (Å²) in [6.45, 7) is 7.82. The molecular formula is C15H23NO2. The minimum atomic E-state index is -0.733. The molecule has 1 saturated heterocycles. The fraction of sp³-hybridized carbons (Fsp3) is 0.600. The molecule has 0 saturated carbocycles. The first-order valence-corrected chi connectivity index (χ1v) is 6.58. The van der Waals surface area contributed by atoms with Crippen molar-refractivity contribution in [3.8, 4) is 5.75 Å². The Morgan fingerprint density at radius 2 is 2.00 bits per heavy atom. The second-order valence-corrected chi connectivity index (χ2v) is 5.33. The Labute approximate surface area is 109 Å². The highest BCUT2D eigenvalue weighted by atomic mass is 16.5. The summed E-state index contributed by atoms with van der Waals surface area (Å²) in [5.74, 6) is 0.904. The summed E-state index contributed by atoms with van der Waals surface area (Å²) in [4.78, 5) is 0. The molecule has 100 valence electrons. The van der Waals surface area contributed by atoms with Gasteiger partial charge in [0.1, 0.15) is 11.4 Å². The van der Waals surface area contributed by atoms with Crippen LogP contribution in [0, 0.1) is 20.8 Å². The number of piperidine rings is 1. The van der Waals surface area contributed by atoms with Gasteiger partial charge >= 0.3 is 0 Å². The first kappa shape index (κ1) is 13.4. The number of hydrogen-bond acceptors (Lipinski definition) is 3. The molecule has 0 amide bonds. The average Bonchev–Trinajstić information content (AvgIpc) is 2.34. The molecule has 2 rings (SSSR count). The van der Waals surface area contributed by atoms with E-state index in [9.17, 15) is 5.11 Å². The lowest BCUT2D eigenvalue weighted by molar-refractivity contribution is 0.0111. The number of nitrogens with one attached hydrogen (secondary N) is 1. The molecule has 1 atom stereocenters. The topological polar surface area (TPSA) is 41.5 Å². The summed E-state index contributed by atoms with van der Waals surface area (Å²) in [6.07, 6.45) is 1.84. The van der Waals surface area contributed by atoms with Gasteiger partial charge < -0.3 is 15.2 Å². The fourth-order valence-electron chi connectivity index (χ4n) is 3.08. The van der Waals surface area contributed by atoms with E-state index in [-0.39, 0.29) is 0 Å². The zero-order valence-corrected chi connectivity index (χ0v) is 11.8. The molecule has 3 nitrogen and oxygen atoms in total. The van der Waals surface area contributed by atoms with Crippen LogP contribution in [0.15, 0.2) is 6.07 Å². The van der Waals surface area contributed by atoms with Crippen LogP contribution in [-0.2, 0) is 5.60 Å². The summed E-state index contributed by atoms with van der Waals surface area (Å²) in [6, 6.07) is 2.03. The molecule has 0 bridgehead atoms. The first-order valence-electron chi connectivity index (χ1n) is 6.58. The molecule has 1 unspecified atom stereocenters. The predicted octanol–water partition coefficient (Wildman–Crippen LogP) is 2.19. The van der Waals surface area contributed by atoms with Gasteiger partial charge in [0, 0.05) is 6.54 Å². The van der Waals surface area contributed by atoms with E-state index in [0.717, 1.165) is 47.4 Å². The summed E-state index contributed by atoms with van der Waals surface area (Å²) < 4.78 is 5.38. The van der Waals surface area contributed by atoms with Crippen LogP contribution < -0.4 is 10.1 Å². The van der Waals surface area contributed by atoms with E-state index in [0.29, 0.717) is 6.54 Å². The molecular weight excluding hydrogens is 226 g/mol. The minimum Gasteiger partial charge on any atom is -0.496 e. The van der Waals surface area contributed by atoms with Crippen LogP contribution in [0.2, 0.25) is 0 Å². The normalized spacial score (nSPS) is 24.1. The Kier molecular flexibility index (Phi) is 3.64. The van der Waals surface area contributed by atoms with E-state index in [2.05, 4.69) is 26.1 Å². The number of aliphatic hydroxyl groups is 1. The van der Waals surface area contributed by atoms with Gasteiger partial charge in [0.25, 0.3) is 0 Å². The van der Waals surface area contributed by atoms with Gasteiger partial charge in [0.15, 0.2) is 0 Å². The predicted molar refractivity (Wildman–Crippen MR) is 73.2 cm³/mol. The van der Waals surface area contributed by atoms with Gasteiger partial charge in [-0.05, 0) is 68.5 Å². The number of hydrogen-bond donors (Lipinski definition) is 2. The Bertz CT molecular complexity index is 448. The maximum absolute atomic E-state index is 10.9. The molecule has 1 aliphatic rings. The van der Waals surface area contributed by atoms with Gasteiger partial charge in [0.05, 0.1) is 7.11 Å². The summed E-state index contributed by atoms with van der Waals surface area (Å²) in [5, 5.41) is 14.2. The van der Waals surface area contributed by atoms with Gasteiger partial charge in [-0.2, -0.15) is 0 Å². The van der Waals surface area contributed by atoms with Crippen molar-refractivity contribution in [1.82, 2.24) is 5.32 Å². The van der Waals surface area contributed by atoms with Gasteiger partial charge in [0.2, 0.25) is 0 Å². The van der Waals surface area contributed by atoms with Crippen LogP contribution in [-0.4, -0.2) is 25.3 Å². The van der Waals surface area contributed by atoms with E-state index in [1.165, 1.54) is 0 Å². The van der Waals surface area contributed by atoms with E-state index in [4.69, 9.17) is 4.74 Å². The van der Waals surface area contributed by atoms with E-state index in [1.807, 2.05) is 6.07 Å². The van der Waals surface area contributed by atoms with Gasteiger partial charge in [-0.15, -0.1) is 0 Å². The lowest BCUT2D eigenvalue weighted by atomic mass is 9.80. The maximum atomic E-state index is 10.9. The van der Waals surface area contributed by atoms with Crippen molar-refractivity contribution in [2.24, 2.45) is 0 Å². The quantitative estimate of drug-likeness (QED) is 0.844. The highest BCUT2D eigenvalue weighted by Gasteiger charge is 2.34. The van der Waals surface area contributed by atoms with Crippen LogP contribution in [0.4, 0.5) is 0 Å². The van der Waals surface area contributed by atoms with Crippen molar-refractivity contribution < 1.29 is 9.84 Å². The Hall–Kier alpha value is -1.06. The van der Waals surface area contributed by atoms with Crippen molar-refractivity contribution in [1.29, 1.82) is 0 Å². The molecule has 1 aromatic rings. The lowest BCUT2D eigenvalue weighted by Gasteiger charge is -2.36. The molecule has 2 N–H and O–H groups in total. The summed E-state index contributed by atoms with van der Waals surface area (Å²) in [5.41, 5.74) is 3.73. The Morgan fingerprint density at radius 1 is 1.28 bits per heavy atom. The molecule has 0 radical (unpaired) electrons. The van der Waals surface area contributed by atoms with Crippen LogP contribution in [0.25, 0.3) is 0 Å². The number of aryl methyl sites for hydroxylation is 1. The number of methoxy groups -OCH3 is 1.